The van der Waals surface area contributed by atoms with Crippen LogP contribution in [0.1, 0.15) is 45.4 Å². The minimum Gasteiger partial charge on any atom is -0.481 e. The largest absolute Gasteiger partial charge is 0.481 e. The highest BCUT2D eigenvalue weighted by Crippen LogP contribution is 2.46. The van der Waals surface area contributed by atoms with Crippen molar-refractivity contribution >= 4 is 5.97 Å². The molecular weight excluding hydrogens is 204 g/mol. The van der Waals surface area contributed by atoms with E-state index in [1.165, 1.54) is 32.1 Å². The van der Waals surface area contributed by atoms with Crippen molar-refractivity contribution in [2.24, 2.45) is 23.7 Å². The van der Waals surface area contributed by atoms with Crippen LogP contribution >= 0.6 is 0 Å². The predicted octanol–water partition coefficient (Wildman–Crippen LogP) is 2.28. The molecule has 0 aromatic carbocycles. The van der Waals surface area contributed by atoms with Gasteiger partial charge in [-0.1, -0.05) is 12.8 Å². The van der Waals surface area contributed by atoms with Gasteiger partial charge < -0.3 is 10.2 Å². The Bertz CT molecular complexity index is 252. The third-order valence-corrected chi connectivity index (χ3v) is 4.52. The van der Waals surface area contributed by atoms with Gasteiger partial charge in [-0.05, 0) is 50.4 Å². The van der Waals surface area contributed by atoms with Crippen molar-refractivity contribution in [1.29, 1.82) is 0 Å². The van der Waals surface area contributed by atoms with E-state index in [1.807, 2.05) is 0 Å². The van der Waals surface area contributed by atoms with Crippen LogP contribution in [0.4, 0.5) is 0 Å². The van der Waals surface area contributed by atoms with Gasteiger partial charge in [-0.2, -0.15) is 0 Å². The van der Waals surface area contributed by atoms with E-state index in [4.69, 9.17) is 5.11 Å². The highest BCUT2D eigenvalue weighted by atomic mass is 16.4. The lowest BCUT2D eigenvalue weighted by Crippen LogP contribution is -2.29. The van der Waals surface area contributed by atoms with Crippen LogP contribution in [0, 0.1) is 23.7 Å². The van der Waals surface area contributed by atoms with E-state index in [0.29, 0.717) is 12.3 Å². The summed E-state index contributed by atoms with van der Waals surface area (Å²) in [6.45, 7) is 1.60. The molecule has 0 amide bonds. The van der Waals surface area contributed by atoms with E-state index in [0.717, 1.165) is 11.8 Å². The van der Waals surface area contributed by atoms with Crippen molar-refractivity contribution in [2.75, 3.05) is 0 Å². The maximum Gasteiger partial charge on any atom is 0.308 e. The summed E-state index contributed by atoms with van der Waals surface area (Å²) >= 11 is 0. The molecule has 2 saturated carbocycles. The molecule has 2 aliphatic rings. The molecule has 2 aliphatic carbocycles. The molecule has 3 heteroatoms. The average Bonchev–Trinajstić information content (AvgIpc) is 2.56. The maximum atomic E-state index is 10.8. The van der Waals surface area contributed by atoms with Crippen molar-refractivity contribution in [3.8, 4) is 0 Å². The van der Waals surface area contributed by atoms with Gasteiger partial charge in [0.05, 0.1) is 12.0 Å². The topological polar surface area (TPSA) is 57.5 Å². The molecule has 16 heavy (non-hydrogen) atoms. The number of hydrogen-bond acceptors (Lipinski definition) is 2. The smallest absolute Gasteiger partial charge is 0.308 e. The van der Waals surface area contributed by atoms with E-state index in [2.05, 4.69) is 0 Å². The second-order valence-electron chi connectivity index (χ2n) is 5.81. The molecule has 1 unspecified atom stereocenters. The molecule has 2 N–H and O–H groups in total. The van der Waals surface area contributed by atoms with Crippen LogP contribution < -0.4 is 0 Å². The van der Waals surface area contributed by atoms with E-state index < -0.39 is 18.0 Å². The fourth-order valence-corrected chi connectivity index (χ4v) is 3.55. The first-order chi connectivity index (χ1) is 7.56. The summed E-state index contributed by atoms with van der Waals surface area (Å²) in [4.78, 5) is 10.8. The molecule has 2 bridgehead atoms. The zero-order valence-electron chi connectivity index (χ0n) is 9.93. The lowest BCUT2D eigenvalue weighted by Gasteiger charge is -2.30. The lowest BCUT2D eigenvalue weighted by molar-refractivity contribution is -0.145. The Labute approximate surface area is 96.9 Å². The normalized spacial score (nSPS) is 37.0. The standard InChI is InChI=1S/C13H22O3/c1-8(13(15)16)12(14)7-11-5-9-2-3-10(4-9)6-11/h8-12,14H,2-7H2,1H3,(H,15,16)/t8-,9-,10?,11-,12-/m1/s1. The molecule has 92 valence electrons. The molecule has 0 spiro atoms. The number of aliphatic carboxylic acids is 1. The van der Waals surface area contributed by atoms with Gasteiger partial charge in [0.15, 0.2) is 0 Å². The van der Waals surface area contributed by atoms with Crippen LogP contribution in [0.3, 0.4) is 0 Å². The fraction of sp³-hybridized carbons (Fsp3) is 0.923. The number of hydrogen-bond donors (Lipinski definition) is 2. The van der Waals surface area contributed by atoms with E-state index in [9.17, 15) is 9.90 Å². The number of carbonyl (C=O) groups is 1. The van der Waals surface area contributed by atoms with Gasteiger partial charge in [-0.3, -0.25) is 4.79 Å². The Morgan fingerprint density at radius 3 is 2.31 bits per heavy atom. The second-order valence-corrected chi connectivity index (χ2v) is 5.81. The summed E-state index contributed by atoms with van der Waals surface area (Å²) < 4.78 is 0. The molecule has 0 aromatic rings. The van der Waals surface area contributed by atoms with Gasteiger partial charge in [-0.15, -0.1) is 0 Å². The average molecular weight is 226 g/mol. The summed E-state index contributed by atoms with van der Waals surface area (Å²) in [5, 5.41) is 18.7. The number of aliphatic hydroxyl groups is 1. The first-order valence-corrected chi connectivity index (χ1v) is 6.47. The van der Waals surface area contributed by atoms with E-state index >= 15 is 0 Å². The monoisotopic (exact) mass is 226 g/mol. The fourth-order valence-electron chi connectivity index (χ4n) is 3.55. The number of carboxylic acids is 1. The molecule has 0 aromatic heterocycles. The Balaban J connectivity index is 1.83. The molecule has 5 atom stereocenters. The summed E-state index contributed by atoms with van der Waals surface area (Å²) in [6.07, 6.45) is 6.51. The number of aliphatic hydroxyl groups excluding tert-OH is 1. The molecule has 0 aliphatic heterocycles. The Morgan fingerprint density at radius 2 is 1.81 bits per heavy atom. The molecule has 0 radical (unpaired) electrons. The van der Waals surface area contributed by atoms with Gasteiger partial charge in [0.25, 0.3) is 0 Å². The van der Waals surface area contributed by atoms with Gasteiger partial charge in [-0.25, -0.2) is 0 Å². The van der Waals surface area contributed by atoms with Crippen molar-refractivity contribution in [3.05, 3.63) is 0 Å². The van der Waals surface area contributed by atoms with Gasteiger partial charge >= 0.3 is 5.97 Å². The lowest BCUT2D eigenvalue weighted by atomic mass is 9.77. The maximum absolute atomic E-state index is 10.8. The van der Waals surface area contributed by atoms with Crippen LogP contribution in [0.25, 0.3) is 0 Å². The summed E-state index contributed by atoms with van der Waals surface area (Å²) in [5.41, 5.74) is 0. The van der Waals surface area contributed by atoms with Crippen LogP contribution in [-0.2, 0) is 4.79 Å². The predicted molar refractivity (Wildman–Crippen MR) is 61.0 cm³/mol. The highest BCUT2D eigenvalue weighted by molar-refractivity contribution is 5.70. The SMILES string of the molecule is C[C@@H](C(=O)O)[C@H](O)C[C@H]1CC2CC[C@H](C2)C1. The number of carboxylic acid groups (broad SMARTS) is 1. The minimum atomic E-state index is -0.883. The van der Waals surface area contributed by atoms with Crippen molar-refractivity contribution in [2.45, 2.75) is 51.6 Å². The molecule has 2 fully saturated rings. The zero-order valence-corrected chi connectivity index (χ0v) is 9.93. The summed E-state index contributed by atoms with van der Waals surface area (Å²) in [7, 11) is 0. The van der Waals surface area contributed by atoms with Crippen LogP contribution in [0.2, 0.25) is 0 Å². The molecule has 0 saturated heterocycles. The van der Waals surface area contributed by atoms with Crippen molar-refractivity contribution < 1.29 is 15.0 Å². The summed E-state index contributed by atoms with van der Waals surface area (Å²) in [5.74, 6) is 0.765. The van der Waals surface area contributed by atoms with Crippen molar-refractivity contribution in [1.82, 2.24) is 0 Å². The van der Waals surface area contributed by atoms with Gasteiger partial charge in [0.2, 0.25) is 0 Å². The van der Waals surface area contributed by atoms with Crippen LogP contribution in [0.15, 0.2) is 0 Å². The highest BCUT2D eigenvalue weighted by Gasteiger charge is 2.35. The second kappa shape index (κ2) is 4.74. The zero-order chi connectivity index (χ0) is 11.7. The first kappa shape index (κ1) is 11.9. The van der Waals surface area contributed by atoms with Crippen LogP contribution in [-0.4, -0.2) is 22.3 Å². The summed E-state index contributed by atoms with van der Waals surface area (Å²) in [6, 6.07) is 0. The molecule has 0 heterocycles. The number of fused-ring (bicyclic) bond motifs is 2. The quantitative estimate of drug-likeness (QED) is 0.773. The molecule has 3 nitrogen and oxygen atoms in total. The van der Waals surface area contributed by atoms with E-state index in [-0.39, 0.29) is 0 Å². The van der Waals surface area contributed by atoms with Gasteiger partial charge in [0.1, 0.15) is 0 Å². The third-order valence-electron chi connectivity index (χ3n) is 4.52. The first-order valence-electron chi connectivity index (χ1n) is 6.47. The van der Waals surface area contributed by atoms with E-state index in [1.54, 1.807) is 6.92 Å². The third kappa shape index (κ3) is 2.57. The molecule has 2 rings (SSSR count). The van der Waals surface area contributed by atoms with Crippen LogP contribution in [0.5, 0.6) is 0 Å². The Hall–Kier alpha value is -0.570. The Morgan fingerprint density at radius 1 is 1.25 bits per heavy atom. The molecular formula is C13H22O3. The minimum absolute atomic E-state index is 0.558. The van der Waals surface area contributed by atoms with Crippen molar-refractivity contribution in [3.63, 3.8) is 0 Å². The Kier molecular flexibility index (Phi) is 3.53. The van der Waals surface area contributed by atoms with Gasteiger partial charge in [0, 0.05) is 0 Å². The number of rotatable bonds is 4.